The van der Waals surface area contributed by atoms with Crippen molar-refractivity contribution in [2.24, 2.45) is 5.92 Å². The van der Waals surface area contributed by atoms with Gasteiger partial charge in [0.15, 0.2) is 0 Å². The molecule has 17 heavy (non-hydrogen) atoms. The van der Waals surface area contributed by atoms with Crippen molar-refractivity contribution < 1.29 is 0 Å². The fourth-order valence-corrected chi connectivity index (χ4v) is 2.95. The third-order valence-electron chi connectivity index (χ3n) is 3.62. The van der Waals surface area contributed by atoms with Gasteiger partial charge in [-0.2, -0.15) is 0 Å². The van der Waals surface area contributed by atoms with Crippen LogP contribution in [-0.2, 0) is 12.8 Å². The summed E-state index contributed by atoms with van der Waals surface area (Å²) < 4.78 is 0. The van der Waals surface area contributed by atoms with Crippen molar-refractivity contribution >= 4 is 5.69 Å². The van der Waals surface area contributed by atoms with Crippen LogP contribution in [-0.4, -0.2) is 6.04 Å². The Morgan fingerprint density at radius 3 is 2.65 bits per heavy atom. The van der Waals surface area contributed by atoms with Gasteiger partial charge < -0.3 is 5.32 Å². The molecule has 0 amide bonds. The number of hydrogen-bond acceptors (Lipinski definition) is 1. The van der Waals surface area contributed by atoms with Crippen LogP contribution < -0.4 is 5.32 Å². The van der Waals surface area contributed by atoms with Gasteiger partial charge >= 0.3 is 0 Å². The zero-order valence-electron chi connectivity index (χ0n) is 11.4. The normalized spacial score (nSPS) is 16.7. The van der Waals surface area contributed by atoms with Gasteiger partial charge in [-0.25, -0.2) is 0 Å². The predicted molar refractivity (Wildman–Crippen MR) is 75.6 cm³/mol. The molecule has 1 unspecified atom stereocenters. The molecule has 0 fully saturated rings. The molecular weight excluding hydrogens is 206 g/mol. The Kier molecular flexibility index (Phi) is 4.09. The van der Waals surface area contributed by atoms with E-state index in [2.05, 4.69) is 44.3 Å². The molecule has 2 rings (SSSR count). The zero-order valence-corrected chi connectivity index (χ0v) is 11.4. The summed E-state index contributed by atoms with van der Waals surface area (Å²) in [5, 5.41) is 3.70. The zero-order chi connectivity index (χ0) is 12.3. The summed E-state index contributed by atoms with van der Waals surface area (Å²) in [7, 11) is 0. The summed E-state index contributed by atoms with van der Waals surface area (Å²) in [6.45, 7) is 6.87. The maximum absolute atomic E-state index is 3.70. The van der Waals surface area contributed by atoms with Crippen LogP contribution in [0.4, 0.5) is 5.69 Å². The van der Waals surface area contributed by atoms with Gasteiger partial charge in [0.2, 0.25) is 0 Å². The number of hydrogen-bond donors (Lipinski definition) is 1. The summed E-state index contributed by atoms with van der Waals surface area (Å²) in [4.78, 5) is 0. The van der Waals surface area contributed by atoms with E-state index in [1.165, 1.54) is 37.8 Å². The molecule has 0 saturated heterocycles. The highest BCUT2D eigenvalue weighted by atomic mass is 14.9. The summed E-state index contributed by atoms with van der Waals surface area (Å²) in [5.74, 6) is 0.761. The Bertz CT molecular complexity index is 368. The molecule has 1 N–H and O–H groups in total. The molecule has 1 heteroatoms. The number of fused-ring (bicyclic) bond motifs is 1. The summed E-state index contributed by atoms with van der Waals surface area (Å²) in [5.41, 5.74) is 4.53. The van der Waals surface area contributed by atoms with Crippen LogP contribution in [0.5, 0.6) is 0 Å². The van der Waals surface area contributed by atoms with Crippen molar-refractivity contribution in [1.82, 2.24) is 0 Å². The molecule has 0 bridgehead atoms. The molecule has 1 aliphatic carbocycles. The van der Waals surface area contributed by atoms with Crippen LogP contribution in [0.2, 0.25) is 0 Å². The molecule has 1 aliphatic rings. The minimum atomic E-state index is 0.573. The lowest BCUT2D eigenvalue weighted by molar-refractivity contribution is 0.539. The van der Waals surface area contributed by atoms with Crippen molar-refractivity contribution in [1.29, 1.82) is 0 Å². The van der Waals surface area contributed by atoms with Gasteiger partial charge in [0.25, 0.3) is 0 Å². The molecule has 1 nitrogen and oxygen atoms in total. The summed E-state index contributed by atoms with van der Waals surface area (Å²) in [6, 6.07) is 7.32. The molecule has 0 aromatic heterocycles. The van der Waals surface area contributed by atoms with Crippen LogP contribution >= 0.6 is 0 Å². The Hall–Kier alpha value is -0.980. The maximum Gasteiger partial charge on any atom is 0.0377 e. The first-order valence-electron chi connectivity index (χ1n) is 7.04. The van der Waals surface area contributed by atoms with Gasteiger partial charge in [-0.1, -0.05) is 26.0 Å². The van der Waals surface area contributed by atoms with Crippen LogP contribution in [0.3, 0.4) is 0 Å². The van der Waals surface area contributed by atoms with Crippen LogP contribution in [0.1, 0.15) is 51.2 Å². The minimum Gasteiger partial charge on any atom is -0.382 e. The van der Waals surface area contributed by atoms with Crippen molar-refractivity contribution in [3.05, 3.63) is 29.3 Å². The van der Waals surface area contributed by atoms with E-state index in [-0.39, 0.29) is 0 Å². The predicted octanol–water partition coefficient (Wildman–Crippen LogP) is 4.41. The highest BCUT2D eigenvalue weighted by Gasteiger charge is 2.14. The Labute approximate surface area is 106 Å². The monoisotopic (exact) mass is 231 g/mol. The number of rotatable bonds is 4. The fourth-order valence-electron chi connectivity index (χ4n) is 2.95. The third kappa shape index (κ3) is 3.24. The molecule has 0 heterocycles. The highest BCUT2D eigenvalue weighted by Crippen LogP contribution is 2.28. The third-order valence-corrected chi connectivity index (χ3v) is 3.62. The lowest BCUT2D eigenvalue weighted by Gasteiger charge is -2.23. The topological polar surface area (TPSA) is 12.0 Å². The standard InChI is InChI=1S/C16H25N/c1-12(2)11-13(3)17-16-10-6-8-14-7-4-5-9-15(14)16/h6,8,10,12-13,17H,4-5,7,9,11H2,1-3H3. The van der Waals surface area contributed by atoms with E-state index in [0.717, 1.165) is 5.92 Å². The summed E-state index contributed by atoms with van der Waals surface area (Å²) >= 11 is 0. The van der Waals surface area contributed by atoms with E-state index in [0.29, 0.717) is 6.04 Å². The Morgan fingerprint density at radius 1 is 1.12 bits per heavy atom. The second-order valence-corrected chi connectivity index (χ2v) is 5.83. The summed E-state index contributed by atoms with van der Waals surface area (Å²) in [6.07, 6.45) is 6.47. The minimum absolute atomic E-state index is 0.573. The van der Waals surface area contributed by atoms with E-state index >= 15 is 0 Å². The van der Waals surface area contributed by atoms with Crippen molar-refractivity contribution in [3.63, 3.8) is 0 Å². The van der Waals surface area contributed by atoms with Gasteiger partial charge in [-0.3, -0.25) is 0 Å². The maximum atomic E-state index is 3.70. The first kappa shape index (κ1) is 12.5. The van der Waals surface area contributed by atoms with E-state index in [1.54, 1.807) is 11.1 Å². The van der Waals surface area contributed by atoms with Crippen molar-refractivity contribution in [2.45, 2.75) is 58.9 Å². The van der Waals surface area contributed by atoms with Gasteiger partial charge in [0.1, 0.15) is 0 Å². The van der Waals surface area contributed by atoms with Crippen LogP contribution in [0.25, 0.3) is 0 Å². The molecule has 0 aliphatic heterocycles. The number of aryl methyl sites for hydroxylation is 1. The SMILES string of the molecule is CC(C)CC(C)Nc1cccc2c1CCCC2. The largest absolute Gasteiger partial charge is 0.382 e. The molecule has 0 spiro atoms. The number of benzene rings is 1. The fraction of sp³-hybridized carbons (Fsp3) is 0.625. The first-order valence-corrected chi connectivity index (χ1v) is 7.04. The number of nitrogens with one attached hydrogen (secondary N) is 1. The Balaban J connectivity index is 2.10. The molecule has 94 valence electrons. The van der Waals surface area contributed by atoms with Crippen LogP contribution in [0, 0.1) is 5.92 Å². The lowest BCUT2D eigenvalue weighted by Crippen LogP contribution is -2.19. The van der Waals surface area contributed by atoms with E-state index < -0.39 is 0 Å². The van der Waals surface area contributed by atoms with Gasteiger partial charge in [0, 0.05) is 11.7 Å². The van der Waals surface area contributed by atoms with Gasteiger partial charge in [-0.15, -0.1) is 0 Å². The average Bonchev–Trinajstić information content (AvgIpc) is 2.28. The first-order chi connectivity index (χ1) is 8.16. The molecular formula is C16H25N. The van der Waals surface area contributed by atoms with Crippen molar-refractivity contribution in [3.8, 4) is 0 Å². The molecule has 1 aromatic carbocycles. The van der Waals surface area contributed by atoms with Crippen LogP contribution in [0.15, 0.2) is 18.2 Å². The average molecular weight is 231 g/mol. The smallest absolute Gasteiger partial charge is 0.0377 e. The van der Waals surface area contributed by atoms with E-state index in [4.69, 9.17) is 0 Å². The molecule has 0 saturated carbocycles. The lowest BCUT2D eigenvalue weighted by atomic mass is 9.90. The number of anilines is 1. The van der Waals surface area contributed by atoms with Gasteiger partial charge in [-0.05, 0) is 62.1 Å². The highest BCUT2D eigenvalue weighted by molar-refractivity contribution is 5.56. The quantitative estimate of drug-likeness (QED) is 0.809. The molecule has 1 aromatic rings. The van der Waals surface area contributed by atoms with E-state index in [9.17, 15) is 0 Å². The van der Waals surface area contributed by atoms with E-state index in [1.807, 2.05) is 0 Å². The Morgan fingerprint density at radius 2 is 1.88 bits per heavy atom. The van der Waals surface area contributed by atoms with Gasteiger partial charge in [0.05, 0.1) is 0 Å². The second-order valence-electron chi connectivity index (χ2n) is 5.83. The molecule has 0 radical (unpaired) electrons. The second kappa shape index (κ2) is 5.57. The van der Waals surface area contributed by atoms with Crippen molar-refractivity contribution in [2.75, 3.05) is 5.32 Å². The molecule has 1 atom stereocenters.